The SMILES string of the molecule is NCCCCNCCCO.O=NO. The second-order valence-corrected chi connectivity index (χ2v) is 2.40. The molecule has 0 heterocycles. The van der Waals surface area contributed by atoms with Crippen LogP contribution in [0.5, 0.6) is 0 Å². The lowest BCUT2D eigenvalue weighted by molar-refractivity contribution is 0.286. The van der Waals surface area contributed by atoms with Gasteiger partial charge in [0.05, 0.1) is 0 Å². The lowest BCUT2D eigenvalue weighted by Gasteiger charge is -2.00. The highest BCUT2D eigenvalue weighted by atomic mass is 16.6. The monoisotopic (exact) mass is 193 g/mol. The number of unbranched alkanes of at least 4 members (excludes halogenated alkanes) is 1. The molecule has 0 saturated carbocycles. The van der Waals surface area contributed by atoms with E-state index < -0.39 is 0 Å². The minimum Gasteiger partial charge on any atom is -0.396 e. The van der Waals surface area contributed by atoms with E-state index in [1.807, 2.05) is 0 Å². The highest BCUT2D eigenvalue weighted by Crippen LogP contribution is 1.82. The van der Waals surface area contributed by atoms with Crippen LogP contribution >= 0.6 is 0 Å². The van der Waals surface area contributed by atoms with Crippen molar-refractivity contribution in [3.63, 3.8) is 0 Å². The molecule has 0 bridgehead atoms. The van der Waals surface area contributed by atoms with Gasteiger partial charge < -0.3 is 21.4 Å². The fraction of sp³-hybridized carbons (Fsp3) is 1.00. The molecule has 5 N–H and O–H groups in total. The van der Waals surface area contributed by atoms with Crippen LogP contribution in [0.2, 0.25) is 0 Å². The molecule has 0 aromatic carbocycles. The first kappa shape index (κ1) is 14.8. The van der Waals surface area contributed by atoms with Crippen molar-refractivity contribution in [3.05, 3.63) is 4.91 Å². The Kier molecular flexibility index (Phi) is 19.8. The van der Waals surface area contributed by atoms with Gasteiger partial charge in [0, 0.05) is 6.61 Å². The van der Waals surface area contributed by atoms with E-state index in [1.165, 1.54) is 5.34 Å². The van der Waals surface area contributed by atoms with Gasteiger partial charge in [0.15, 0.2) is 5.34 Å². The van der Waals surface area contributed by atoms with Crippen LogP contribution in [-0.4, -0.2) is 36.6 Å². The van der Waals surface area contributed by atoms with Gasteiger partial charge in [-0.05, 0) is 38.9 Å². The third-order valence-electron chi connectivity index (χ3n) is 1.32. The third-order valence-corrected chi connectivity index (χ3v) is 1.32. The number of aliphatic hydroxyl groups is 1. The summed E-state index contributed by atoms with van der Waals surface area (Å²) in [7, 11) is 0. The van der Waals surface area contributed by atoms with Crippen molar-refractivity contribution < 1.29 is 10.3 Å². The van der Waals surface area contributed by atoms with Gasteiger partial charge in [-0.2, -0.15) is 0 Å². The molecule has 80 valence electrons. The third kappa shape index (κ3) is 24.6. The summed E-state index contributed by atoms with van der Waals surface area (Å²) in [6.45, 7) is 3.00. The molecule has 0 aliphatic rings. The van der Waals surface area contributed by atoms with Gasteiger partial charge in [0.2, 0.25) is 0 Å². The summed E-state index contributed by atoms with van der Waals surface area (Å²) in [6, 6.07) is 0. The molecule has 0 fully saturated rings. The van der Waals surface area contributed by atoms with E-state index in [4.69, 9.17) is 21.0 Å². The van der Waals surface area contributed by atoms with Crippen molar-refractivity contribution in [2.75, 3.05) is 26.2 Å². The van der Waals surface area contributed by atoms with Crippen LogP contribution in [0.3, 0.4) is 0 Å². The summed E-state index contributed by atoms with van der Waals surface area (Å²) in [5, 5.41) is 19.5. The zero-order valence-electron chi connectivity index (χ0n) is 7.78. The van der Waals surface area contributed by atoms with Crippen molar-refractivity contribution in [1.29, 1.82) is 0 Å². The molecule has 0 aromatic rings. The van der Waals surface area contributed by atoms with Crippen LogP contribution in [0.25, 0.3) is 0 Å². The molecule has 6 nitrogen and oxygen atoms in total. The lowest BCUT2D eigenvalue weighted by Crippen LogP contribution is -2.18. The molecule has 0 aromatic heterocycles. The lowest BCUT2D eigenvalue weighted by atomic mass is 10.3. The average molecular weight is 193 g/mol. The number of nitrogens with one attached hydrogen (secondary N) is 1. The Bertz CT molecular complexity index is 85.1. The normalized spacial score (nSPS) is 8.77. The van der Waals surface area contributed by atoms with E-state index in [1.54, 1.807) is 0 Å². The first-order chi connectivity index (χ1) is 6.33. The van der Waals surface area contributed by atoms with Crippen molar-refractivity contribution >= 4 is 0 Å². The Morgan fingerprint density at radius 2 is 1.77 bits per heavy atom. The zero-order chi connectivity index (χ0) is 10.4. The number of rotatable bonds is 7. The fourth-order valence-corrected chi connectivity index (χ4v) is 0.723. The quantitative estimate of drug-likeness (QED) is 0.255. The minimum absolute atomic E-state index is 0.282. The number of hydrogen-bond acceptors (Lipinski definition) is 5. The van der Waals surface area contributed by atoms with Crippen LogP contribution in [0.1, 0.15) is 19.3 Å². The highest BCUT2D eigenvalue weighted by Gasteiger charge is 1.85. The number of aliphatic hydroxyl groups excluding tert-OH is 1. The van der Waals surface area contributed by atoms with Gasteiger partial charge in [0.1, 0.15) is 0 Å². The van der Waals surface area contributed by atoms with Gasteiger partial charge in [-0.3, -0.25) is 0 Å². The molecule has 0 atom stereocenters. The Hall–Kier alpha value is -0.720. The molecule has 0 rings (SSSR count). The molecular weight excluding hydrogens is 174 g/mol. The number of hydrogen-bond donors (Lipinski definition) is 4. The predicted octanol–water partition coefficient (Wildman–Crippen LogP) is -0.161. The van der Waals surface area contributed by atoms with E-state index in [9.17, 15) is 0 Å². The van der Waals surface area contributed by atoms with E-state index >= 15 is 0 Å². The maximum Gasteiger partial charge on any atom is 0.152 e. The van der Waals surface area contributed by atoms with Gasteiger partial charge in [-0.25, -0.2) is 0 Å². The first-order valence-electron chi connectivity index (χ1n) is 4.31. The van der Waals surface area contributed by atoms with Crippen LogP contribution in [0.15, 0.2) is 5.34 Å². The summed E-state index contributed by atoms with van der Waals surface area (Å²) in [5.41, 5.74) is 5.30. The van der Waals surface area contributed by atoms with Crippen LogP contribution < -0.4 is 11.1 Å². The Labute approximate surface area is 78.1 Å². The van der Waals surface area contributed by atoms with E-state index in [0.717, 1.165) is 38.9 Å². The average Bonchev–Trinajstić information content (AvgIpc) is 2.13. The maximum atomic E-state index is 8.41. The van der Waals surface area contributed by atoms with Crippen molar-refractivity contribution in [3.8, 4) is 0 Å². The summed E-state index contributed by atoms with van der Waals surface area (Å²) in [6.07, 6.45) is 3.08. The Morgan fingerprint density at radius 3 is 2.23 bits per heavy atom. The standard InChI is InChI=1S/C7H18N2O.HNO2/c8-4-1-2-5-9-6-3-7-10;2-1-3/h9-10H,1-8H2;(H,2,3). The van der Waals surface area contributed by atoms with Crippen molar-refractivity contribution in [2.45, 2.75) is 19.3 Å². The van der Waals surface area contributed by atoms with Crippen LogP contribution in [0.4, 0.5) is 0 Å². The van der Waals surface area contributed by atoms with Gasteiger partial charge in [-0.15, -0.1) is 4.91 Å². The van der Waals surface area contributed by atoms with E-state index in [-0.39, 0.29) is 6.61 Å². The molecule has 6 heteroatoms. The summed E-state index contributed by atoms with van der Waals surface area (Å²) in [5.74, 6) is 0. The van der Waals surface area contributed by atoms with E-state index in [2.05, 4.69) is 5.32 Å². The molecule has 0 amide bonds. The molecule has 0 spiro atoms. The minimum atomic E-state index is 0.282. The zero-order valence-corrected chi connectivity index (χ0v) is 7.78. The summed E-state index contributed by atoms with van der Waals surface area (Å²) in [4.78, 5) is 8.11. The van der Waals surface area contributed by atoms with Gasteiger partial charge >= 0.3 is 0 Å². The fourth-order valence-electron chi connectivity index (χ4n) is 0.723. The van der Waals surface area contributed by atoms with E-state index in [0.29, 0.717) is 0 Å². The summed E-state index contributed by atoms with van der Waals surface area (Å²) >= 11 is 0. The smallest absolute Gasteiger partial charge is 0.152 e. The number of nitrogens with two attached hydrogens (primary N) is 1. The summed E-state index contributed by atoms with van der Waals surface area (Å²) < 4.78 is 0. The predicted molar refractivity (Wildman–Crippen MR) is 50.4 cm³/mol. The highest BCUT2D eigenvalue weighted by molar-refractivity contribution is 4.47. The second kappa shape index (κ2) is 17.4. The van der Waals surface area contributed by atoms with Crippen molar-refractivity contribution in [1.82, 2.24) is 5.32 Å². The molecule has 13 heavy (non-hydrogen) atoms. The van der Waals surface area contributed by atoms with Crippen LogP contribution in [0, 0.1) is 4.91 Å². The van der Waals surface area contributed by atoms with Crippen molar-refractivity contribution in [2.24, 2.45) is 11.1 Å². The maximum absolute atomic E-state index is 8.41. The molecule has 0 radical (unpaired) electrons. The van der Waals surface area contributed by atoms with Crippen LogP contribution in [-0.2, 0) is 0 Å². The molecule has 0 unspecified atom stereocenters. The Balaban J connectivity index is 0. The van der Waals surface area contributed by atoms with Gasteiger partial charge in [-0.1, -0.05) is 0 Å². The Morgan fingerprint density at radius 1 is 1.23 bits per heavy atom. The van der Waals surface area contributed by atoms with Gasteiger partial charge in [0.25, 0.3) is 0 Å². The molecule has 0 saturated heterocycles. The molecular formula is C7H19N3O3. The first-order valence-corrected chi connectivity index (χ1v) is 4.31. The largest absolute Gasteiger partial charge is 0.396 e. The second-order valence-electron chi connectivity index (χ2n) is 2.40. The number of nitrogens with zero attached hydrogens (tertiary/aromatic N) is 1. The molecule has 0 aliphatic carbocycles. The topological polar surface area (TPSA) is 108 Å². The molecule has 0 aliphatic heterocycles.